The molecule has 0 spiro atoms. The first-order valence-electron chi connectivity index (χ1n) is 13.5. The monoisotopic (exact) mass is 549 g/mol. The van der Waals surface area contributed by atoms with Gasteiger partial charge in [0.1, 0.15) is 24.0 Å². The number of carbonyl (C=O) groups excluding carboxylic acids is 1. The molecule has 1 saturated carbocycles. The number of halogens is 2. The van der Waals surface area contributed by atoms with Gasteiger partial charge in [-0.25, -0.2) is 8.78 Å². The lowest BCUT2D eigenvalue weighted by Crippen LogP contribution is -2.48. The average molecular weight is 550 g/mol. The highest BCUT2D eigenvalue weighted by molar-refractivity contribution is 5.83. The second-order valence-electron chi connectivity index (χ2n) is 10.3. The predicted octanol–water partition coefficient (Wildman–Crippen LogP) is 6.58. The zero-order valence-corrected chi connectivity index (χ0v) is 22.4. The SMILES string of the molecule is C=C(O)[C@H]1Cc2c(ccc(OC)c2OCc2ccc(F)cc2F)CN1C(=O)[C@@H](OC1CCCC1)c1ccccc1. The Bertz CT molecular complexity index is 1370. The Morgan fingerprint density at radius 1 is 1.10 bits per heavy atom. The van der Waals surface area contributed by atoms with Gasteiger partial charge < -0.3 is 24.2 Å². The van der Waals surface area contributed by atoms with Crippen molar-refractivity contribution in [1.82, 2.24) is 4.90 Å². The first-order chi connectivity index (χ1) is 19.4. The van der Waals surface area contributed by atoms with Crippen LogP contribution in [0.2, 0.25) is 0 Å². The molecule has 3 aromatic rings. The fraction of sp³-hybridized carbons (Fsp3) is 0.344. The van der Waals surface area contributed by atoms with Crippen molar-refractivity contribution in [2.75, 3.05) is 7.11 Å². The van der Waals surface area contributed by atoms with E-state index >= 15 is 0 Å². The van der Waals surface area contributed by atoms with Crippen molar-refractivity contribution < 1.29 is 32.9 Å². The lowest BCUT2D eigenvalue weighted by Gasteiger charge is -2.39. The van der Waals surface area contributed by atoms with Gasteiger partial charge in [-0.15, -0.1) is 0 Å². The van der Waals surface area contributed by atoms with E-state index in [9.17, 15) is 18.7 Å². The molecule has 1 aliphatic heterocycles. The van der Waals surface area contributed by atoms with Crippen molar-refractivity contribution in [3.63, 3.8) is 0 Å². The van der Waals surface area contributed by atoms with Gasteiger partial charge in [-0.2, -0.15) is 0 Å². The van der Waals surface area contributed by atoms with E-state index in [-0.39, 0.29) is 42.9 Å². The van der Waals surface area contributed by atoms with E-state index in [1.165, 1.54) is 19.2 Å². The van der Waals surface area contributed by atoms with Crippen molar-refractivity contribution in [1.29, 1.82) is 0 Å². The molecular weight excluding hydrogens is 516 g/mol. The maximum Gasteiger partial charge on any atom is 0.257 e. The van der Waals surface area contributed by atoms with E-state index in [4.69, 9.17) is 14.2 Å². The Hall–Kier alpha value is -3.91. The lowest BCUT2D eigenvalue weighted by atomic mass is 9.91. The molecule has 8 heteroatoms. The van der Waals surface area contributed by atoms with Crippen molar-refractivity contribution in [2.24, 2.45) is 0 Å². The summed E-state index contributed by atoms with van der Waals surface area (Å²) in [5.41, 5.74) is 2.46. The highest BCUT2D eigenvalue weighted by atomic mass is 19.1. The highest BCUT2D eigenvalue weighted by Crippen LogP contribution is 2.41. The summed E-state index contributed by atoms with van der Waals surface area (Å²) in [5, 5.41) is 10.7. The van der Waals surface area contributed by atoms with E-state index in [1.807, 2.05) is 36.4 Å². The van der Waals surface area contributed by atoms with Gasteiger partial charge in [-0.05, 0) is 42.2 Å². The molecule has 6 nitrogen and oxygen atoms in total. The van der Waals surface area contributed by atoms with Crippen LogP contribution in [-0.2, 0) is 29.1 Å². The van der Waals surface area contributed by atoms with Crippen LogP contribution in [0.3, 0.4) is 0 Å². The zero-order valence-electron chi connectivity index (χ0n) is 22.4. The van der Waals surface area contributed by atoms with Gasteiger partial charge in [0.25, 0.3) is 5.91 Å². The summed E-state index contributed by atoms with van der Waals surface area (Å²) in [4.78, 5) is 15.7. The molecule has 1 N–H and O–H groups in total. The lowest BCUT2D eigenvalue weighted by molar-refractivity contribution is -0.151. The van der Waals surface area contributed by atoms with Gasteiger partial charge >= 0.3 is 0 Å². The second-order valence-corrected chi connectivity index (χ2v) is 10.3. The Kier molecular flexibility index (Phi) is 8.35. The summed E-state index contributed by atoms with van der Waals surface area (Å²) in [6.45, 7) is 3.80. The Labute approximate surface area is 232 Å². The fourth-order valence-corrected chi connectivity index (χ4v) is 5.53. The molecule has 2 atom stereocenters. The van der Waals surface area contributed by atoms with Crippen LogP contribution in [0.5, 0.6) is 11.5 Å². The normalized spacial score (nSPS) is 17.8. The topological polar surface area (TPSA) is 68.2 Å². The minimum absolute atomic E-state index is 0.00173. The third kappa shape index (κ3) is 5.82. The van der Waals surface area contributed by atoms with Gasteiger partial charge in [0.2, 0.25) is 0 Å². The van der Waals surface area contributed by atoms with Crippen molar-refractivity contribution in [3.05, 3.63) is 107 Å². The van der Waals surface area contributed by atoms with Crippen LogP contribution in [0.25, 0.3) is 0 Å². The van der Waals surface area contributed by atoms with Crippen molar-refractivity contribution in [3.8, 4) is 11.5 Å². The largest absolute Gasteiger partial charge is 0.511 e. The van der Waals surface area contributed by atoms with Crippen LogP contribution in [-0.4, -0.2) is 35.2 Å². The van der Waals surface area contributed by atoms with Gasteiger partial charge in [-0.1, -0.05) is 55.8 Å². The van der Waals surface area contributed by atoms with Gasteiger partial charge in [-0.3, -0.25) is 4.79 Å². The van der Waals surface area contributed by atoms with Crippen molar-refractivity contribution >= 4 is 5.91 Å². The molecule has 0 saturated heterocycles. The zero-order chi connectivity index (χ0) is 28.2. The molecule has 0 unspecified atom stereocenters. The summed E-state index contributed by atoms with van der Waals surface area (Å²) < 4.78 is 45.6. The molecule has 5 rings (SSSR count). The van der Waals surface area contributed by atoms with E-state index in [0.717, 1.165) is 48.4 Å². The number of rotatable bonds is 9. The molecule has 0 radical (unpaired) electrons. The predicted molar refractivity (Wildman–Crippen MR) is 146 cm³/mol. The average Bonchev–Trinajstić information content (AvgIpc) is 3.48. The molecule has 40 heavy (non-hydrogen) atoms. The third-order valence-corrected chi connectivity index (χ3v) is 7.67. The molecule has 3 aromatic carbocycles. The Morgan fingerprint density at radius 3 is 2.52 bits per heavy atom. The number of hydrogen-bond donors (Lipinski definition) is 1. The maximum atomic E-state index is 14.3. The summed E-state index contributed by atoms with van der Waals surface area (Å²) in [6.07, 6.45) is 3.34. The number of fused-ring (bicyclic) bond motifs is 1. The van der Waals surface area contributed by atoms with Crippen LogP contribution >= 0.6 is 0 Å². The Morgan fingerprint density at radius 2 is 1.85 bits per heavy atom. The Balaban J connectivity index is 1.46. The molecule has 1 fully saturated rings. The van der Waals surface area contributed by atoms with Gasteiger partial charge in [0.05, 0.1) is 19.3 Å². The van der Waals surface area contributed by atoms with Crippen LogP contribution in [0, 0.1) is 11.6 Å². The highest BCUT2D eigenvalue weighted by Gasteiger charge is 2.39. The fourth-order valence-electron chi connectivity index (χ4n) is 5.53. The maximum absolute atomic E-state index is 14.3. The molecular formula is C32H33F2NO5. The third-order valence-electron chi connectivity index (χ3n) is 7.67. The number of amides is 1. The van der Waals surface area contributed by atoms with E-state index in [2.05, 4.69) is 6.58 Å². The smallest absolute Gasteiger partial charge is 0.257 e. The molecule has 1 amide bonds. The van der Waals surface area contributed by atoms with Gasteiger partial charge in [0, 0.05) is 30.2 Å². The van der Waals surface area contributed by atoms with Crippen molar-refractivity contribution in [2.45, 2.75) is 63.5 Å². The molecule has 2 aliphatic rings. The summed E-state index contributed by atoms with van der Waals surface area (Å²) in [5.74, 6) is -0.994. The summed E-state index contributed by atoms with van der Waals surface area (Å²) in [6, 6.07) is 15.6. The molecule has 210 valence electrons. The molecule has 0 aromatic heterocycles. The van der Waals surface area contributed by atoms with Crippen LogP contribution in [0.1, 0.15) is 54.0 Å². The summed E-state index contributed by atoms with van der Waals surface area (Å²) in [7, 11) is 1.50. The minimum Gasteiger partial charge on any atom is -0.511 e. The molecule has 1 heterocycles. The number of benzene rings is 3. The quantitative estimate of drug-likeness (QED) is 0.306. The number of aliphatic hydroxyl groups is 1. The number of aliphatic hydroxyl groups excluding tert-OH is 1. The summed E-state index contributed by atoms with van der Waals surface area (Å²) >= 11 is 0. The number of hydrogen-bond acceptors (Lipinski definition) is 5. The van der Waals surface area contributed by atoms with Crippen LogP contribution in [0.4, 0.5) is 8.78 Å². The van der Waals surface area contributed by atoms with Crippen LogP contribution < -0.4 is 9.47 Å². The second kappa shape index (κ2) is 12.1. The molecule has 1 aliphatic carbocycles. The van der Waals surface area contributed by atoms with E-state index < -0.39 is 23.8 Å². The first-order valence-corrected chi connectivity index (χ1v) is 13.5. The van der Waals surface area contributed by atoms with Crippen LogP contribution in [0.15, 0.2) is 73.0 Å². The standard InChI is InChI=1S/C32H33F2NO5/c1-20(36)28-17-26-22(13-15-29(38-2)31(26)39-19-23-12-14-24(33)16-27(23)34)18-35(28)32(37)30(21-8-4-3-5-9-21)40-25-10-6-7-11-25/h3-5,8-9,12-16,25,28,30,36H,1,6-7,10-11,17-19H2,2H3/t28-,30+/m1/s1. The van der Waals surface area contributed by atoms with E-state index in [1.54, 1.807) is 11.0 Å². The van der Waals surface area contributed by atoms with Gasteiger partial charge in [0.15, 0.2) is 17.6 Å². The first kappa shape index (κ1) is 27.6. The number of methoxy groups -OCH3 is 1. The molecule has 0 bridgehead atoms. The minimum atomic E-state index is -0.817. The number of nitrogens with zero attached hydrogens (tertiary/aromatic N) is 1. The van der Waals surface area contributed by atoms with E-state index in [0.29, 0.717) is 11.5 Å². The number of carbonyl (C=O) groups is 1. The number of ether oxygens (including phenoxy) is 3.